The Kier molecular flexibility index (Phi) is 6.41. The lowest BCUT2D eigenvalue weighted by molar-refractivity contribution is -0.137. The van der Waals surface area contributed by atoms with E-state index in [2.05, 4.69) is 10.1 Å². The van der Waals surface area contributed by atoms with Crippen molar-refractivity contribution in [3.05, 3.63) is 80.3 Å². The number of hydrogen-bond acceptors (Lipinski definition) is 5. The summed E-state index contributed by atoms with van der Waals surface area (Å²) < 4.78 is 66.5. The van der Waals surface area contributed by atoms with Gasteiger partial charge in [-0.1, -0.05) is 36.2 Å². The lowest BCUT2D eigenvalue weighted by Crippen LogP contribution is -2.26. The predicted octanol–water partition coefficient (Wildman–Crippen LogP) is 5.88. The second-order valence-corrected chi connectivity index (χ2v) is 10.8. The van der Waals surface area contributed by atoms with E-state index < -0.39 is 27.1 Å². The average molecular weight is 542 g/mol. The largest absolute Gasteiger partial charge is 0.416 e. The molecule has 2 aromatic heterocycles. The minimum Gasteiger partial charge on any atom is -0.267 e. The van der Waals surface area contributed by atoms with Gasteiger partial charge in [-0.05, 0) is 48.9 Å². The van der Waals surface area contributed by atoms with Crippen molar-refractivity contribution in [3.8, 4) is 16.9 Å². The summed E-state index contributed by atoms with van der Waals surface area (Å²) >= 11 is 12.1. The number of hydrogen-bond donors (Lipinski definition) is 0. The molecule has 4 aromatic rings. The third kappa shape index (κ3) is 4.78. The molecule has 0 saturated heterocycles. The Labute approximate surface area is 207 Å². The fraction of sp³-hybridized carbons (Fsp3) is 0.174. The Morgan fingerprint density at radius 1 is 0.971 bits per heavy atom. The minimum atomic E-state index is -4.67. The van der Waals surface area contributed by atoms with Crippen LogP contribution in [0.1, 0.15) is 18.2 Å². The normalized spacial score (nSPS) is 12.3. The maximum absolute atomic E-state index is 13.3. The molecule has 0 atom stereocenters. The van der Waals surface area contributed by atoms with E-state index in [9.17, 15) is 26.4 Å². The number of fused-ring (bicyclic) bond motifs is 1. The van der Waals surface area contributed by atoms with Crippen molar-refractivity contribution in [3.63, 3.8) is 0 Å². The Hall–Kier alpha value is -2.95. The monoisotopic (exact) mass is 541 g/mol. The quantitative estimate of drug-likeness (QED) is 0.322. The first-order valence-corrected chi connectivity index (χ1v) is 12.5. The van der Waals surface area contributed by atoms with Crippen molar-refractivity contribution < 1.29 is 21.6 Å². The van der Waals surface area contributed by atoms with Crippen LogP contribution in [0.3, 0.4) is 0 Å². The molecule has 0 aliphatic carbocycles. The van der Waals surface area contributed by atoms with E-state index in [0.717, 1.165) is 22.9 Å². The first-order valence-electron chi connectivity index (χ1n) is 10.1. The maximum atomic E-state index is 13.3. The van der Waals surface area contributed by atoms with Gasteiger partial charge in [0.1, 0.15) is 4.90 Å². The molecule has 0 fully saturated rings. The van der Waals surface area contributed by atoms with Crippen molar-refractivity contribution in [2.75, 3.05) is 5.75 Å². The van der Waals surface area contributed by atoms with E-state index in [4.69, 9.17) is 23.2 Å². The van der Waals surface area contributed by atoms with E-state index in [-0.39, 0.29) is 32.9 Å². The molecule has 0 N–H and O–H groups in total. The number of sulfone groups is 1. The van der Waals surface area contributed by atoms with Crippen molar-refractivity contribution in [1.29, 1.82) is 0 Å². The Morgan fingerprint density at radius 3 is 2.23 bits per heavy atom. The van der Waals surface area contributed by atoms with Gasteiger partial charge in [-0.15, -0.1) is 0 Å². The molecule has 35 heavy (non-hydrogen) atoms. The van der Waals surface area contributed by atoms with Crippen LogP contribution in [-0.2, 0) is 16.0 Å². The van der Waals surface area contributed by atoms with Gasteiger partial charge >= 0.3 is 6.18 Å². The average Bonchev–Trinajstić information content (AvgIpc) is 2.79. The molecule has 0 spiro atoms. The molecule has 0 aliphatic rings. The Bertz CT molecular complexity index is 1630. The van der Waals surface area contributed by atoms with Crippen LogP contribution in [0.4, 0.5) is 13.2 Å². The summed E-state index contributed by atoms with van der Waals surface area (Å²) in [6.45, 7) is 2.92. The van der Waals surface area contributed by atoms with Crippen molar-refractivity contribution in [2.45, 2.75) is 24.9 Å². The summed E-state index contributed by atoms with van der Waals surface area (Å²) in [7, 11) is -3.95. The molecule has 2 aromatic carbocycles. The second-order valence-electron chi connectivity index (χ2n) is 7.67. The molecule has 182 valence electrons. The fourth-order valence-electron chi connectivity index (χ4n) is 3.58. The first-order chi connectivity index (χ1) is 16.3. The zero-order chi connectivity index (χ0) is 25.7. The van der Waals surface area contributed by atoms with Gasteiger partial charge in [0.15, 0.2) is 15.7 Å². The van der Waals surface area contributed by atoms with Gasteiger partial charge in [0.05, 0.1) is 22.4 Å². The van der Waals surface area contributed by atoms with Gasteiger partial charge in [-0.3, -0.25) is 4.79 Å². The highest BCUT2D eigenvalue weighted by atomic mass is 35.5. The summed E-state index contributed by atoms with van der Waals surface area (Å²) in [5.74, 6) is -0.642. The van der Waals surface area contributed by atoms with Crippen LogP contribution >= 0.6 is 23.2 Å². The van der Waals surface area contributed by atoms with Crippen LogP contribution in [0.5, 0.6) is 0 Å². The molecule has 0 unspecified atom stereocenters. The number of halogens is 5. The maximum Gasteiger partial charge on any atom is 0.416 e. The first kappa shape index (κ1) is 25.2. The van der Waals surface area contributed by atoms with Gasteiger partial charge in [0.25, 0.3) is 5.56 Å². The van der Waals surface area contributed by atoms with Crippen LogP contribution in [-0.4, -0.2) is 28.9 Å². The number of rotatable bonds is 4. The Morgan fingerprint density at radius 2 is 1.63 bits per heavy atom. The number of alkyl halides is 3. The summed E-state index contributed by atoms with van der Waals surface area (Å²) in [4.78, 5) is 17.1. The van der Waals surface area contributed by atoms with Gasteiger partial charge in [0, 0.05) is 27.2 Å². The summed E-state index contributed by atoms with van der Waals surface area (Å²) in [5, 5.41) is 4.74. The van der Waals surface area contributed by atoms with Gasteiger partial charge in [-0.25, -0.2) is 13.4 Å². The third-order valence-electron chi connectivity index (χ3n) is 5.35. The van der Waals surface area contributed by atoms with Crippen molar-refractivity contribution in [2.24, 2.45) is 0 Å². The second kappa shape index (κ2) is 8.92. The molecule has 6 nitrogen and oxygen atoms in total. The molecule has 0 saturated carbocycles. The van der Waals surface area contributed by atoms with Crippen molar-refractivity contribution in [1.82, 2.24) is 14.8 Å². The van der Waals surface area contributed by atoms with Gasteiger partial charge in [-0.2, -0.15) is 23.0 Å². The topological polar surface area (TPSA) is 81.9 Å². The van der Waals surface area contributed by atoms with Crippen LogP contribution in [0.15, 0.2) is 58.4 Å². The highest BCUT2D eigenvalue weighted by Gasteiger charge is 2.31. The molecule has 0 bridgehead atoms. The zero-order valence-corrected chi connectivity index (χ0v) is 20.5. The highest BCUT2D eigenvalue weighted by Crippen LogP contribution is 2.32. The van der Waals surface area contributed by atoms with E-state index in [1.54, 1.807) is 12.1 Å². The number of aryl methyl sites for hydroxylation is 1. The summed E-state index contributed by atoms with van der Waals surface area (Å²) in [5.41, 5.74) is -0.883. The van der Waals surface area contributed by atoms with E-state index in [1.807, 2.05) is 0 Å². The fourth-order valence-corrected chi connectivity index (χ4v) is 5.14. The minimum absolute atomic E-state index is 0.212. The molecule has 4 rings (SSSR count). The third-order valence-corrected chi connectivity index (χ3v) is 7.52. The molecule has 2 heterocycles. The van der Waals surface area contributed by atoms with Crippen LogP contribution in [0.25, 0.3) is 27.7 Å². The Balaban J connectivity index is 2.03. The molecule has 12 heteroatoms. The molecule has 0 radical (unpaired) electrons. The van der Waals surface area contributed by atoms with Gasteiger partial charge in [0.2, 0.25) is 0 Å². The number of aromatic nitrogens is 3. The number of pyridine rings is 1. The number of benzene rings is 2. The molecular formula is C23H16Cl2F3N3O3S. The van der Waals surface area contributed by atoms with E-state index >= 15 is 0 Å². The zero-order valence-electron chi connectivity index (χ0n) is 18.2. The SMILES string of the molecule is CCS(=O)(=O)c1cc(-c2cc(Cl)cc(Cl)c2)cnc1-n1nc(C)c2ccc(C(F)(F)F)cc2c1=O. The van der Waals surface area contributed by atoms with Crippen molar-refractivity contribution >= 4 is 43.8 Å². The predicted molar refractivity (Wildman–Crippen MR) is 128 cm³/mol. The van der Waals surface area contributed by atoms with Gasteiger partial charge < -0.3 is 0 Å². The highest BCUT2D eigenvalue weighted by molar-refractivity contribution is 7.91. The van der Waals surface area contributed by atoms with E-state index in [0.29, 0.717) is 21.2 Å². The smallest absolute Gasteiger partial charge is 0.267 e. The van der Waals surface area contributed by atoms with E-state index in [1.165, 1.54) is 32.2 Å². The summed E-state index contributed by atoms with van der Waals surface area (Å²) in [6.07, 6.45) is -3.36. The molecular weight excluding hydrogens is 526 g/mol. The standard InChI is InChI=1S/C23H16Cl2F3N3O3S/c1-3-35(33,34)20-8-14(13-6-16(24)10-17(25)7-13)11-29-21(20)31-22(32)19-9-15(23(26,27)28)4-5-18(19)12(2)30-31/h4-11H,3H2,1-2H3. The van der Waals surface area contributed by atoms with Crippen LogP contribution in [0, 0.1) is 6.92 Å². The lowest BCUT2D eigenvalue weighted by Gasteiger charge is -2.14. The molecule has 0 amide bonds. The lowest BCUT2D eigenvalue weighted by atomic mass is 10.1. The van der Waals surface area contributed by atoms with Crippen LogP contribution < -0.4 is 5.56 Å². The molecule has 0 aliphatic heterocycles. The summed E-state index contributed by atoms with van der Waals surface area (Å²) in [6, 6.07) is 8.69. The number of nitrogens with zero attached hydrogens (tertiary/aromatic N) is 3. The van der Waals surface area contributed by atoms with Crippen LogP contribution in [0.2, 0.25) is 10.0 Å².